The van der Waals surface area contributed by atoms with Gasteiger partial charge in [-0.15, -0.1) is 5.10 Å². The van der Waals surface area contributed by atoms with Crippen molar-refractivity contribution in [3.63, 3.8) is 0 Å². The van der Waals surface area contributed by atoms with Crippen molar-refractivity contribution in [2.24, 2.45) is 11.3 Å². The predicted octanol–water partition coefficient (Wildman–Crippen LogP) is 6.35. The van der Waals surface area contributed by atoms with Gasteiger partial charge in [-0.05, 0) is 79.5 Å². The number of esters is 1. The lowest BCUT2D eigenvalue weighted by Gasteiger charge is -2.55. The van der Waals surface area contributed by atoms with Crippen LogP contribution in [0.3, 0.4) is 0 Å². The van der Waals surface area contributed by atoms with Crippen LogP contribution in [-0.4, -0.2) is 37.5 Å². The number of hydrogen-bond donors (Lipinski definition) is 0. The Labute approximate surface area is 236 Å². The van der Waals surface area contributed by atoms with Crippen LogP contribution in [0.4, 0.5) is 0 Å². The van der Waals surface area contributed by atoms with Gasteiger partial charge >= 0.3 is 5.97 Å². The van der Waals surface area contributed by atoms with E-state index in [0.29, 0.717) is 24.2 Å². The van der Waals surface area contributed by atoms with Gasteiger partial charge < -0.3 is 4.74 Å². The van der Waals surface area contributed by atoms with E-state index >= 15 is 0 Å². The summed E-state index contributed by atoms with van der Waals surface area (Å²) < 4.78 is 7.50. The standard InChI is InChI=1S/C31H41N5O2S/c1-20(2)23-8-10-26-24(15-23)9-11-27-30(5,12-7-13-31(26,27)6)19-38-28(37)17-36-16-25(34-35-36)18-39-29-32-21(3)14-22(4)33-29/h8,10,14-16,20,27H,7,9,11-13,17-19H2,1-6H3/t27-,30-,31+/m0/s1. The molecule has 0 N–H and O–H groups in total. The quantitative estimate of drug-likeness (QED) is 0.184. The molecule has 0 aliphatic heterocycles. The second-order valence-electron chi connectivity index (χ2n) is 12.4. The van der Waals surface area contributed by atoms with Crippen molar-refractivity contribution in [2.45, 2.75) is 102 Å². The summed E-state index contributed by atoms with van der Waals surface area (Å²) in [5.41, 5.74) is 7.23. The molecule has 39 heavy (non-hydrogen) atoms. The van der Waals surface area contributed by atoms with E-state index in [1.54, 1.807) is 10.9 Å². The van der Waals surface area contributed by atoms with Gasteiger partial charge in [0.25, 0.3) is 0 Å². The molecule has 1 aromatic carbocycles. The molecule has 2 aromatic heterocycles. The van der Waals surface area contributed by atoms with Gasteiger partial charge in [0.2, 0.25) is 0 Å². The number of benzene rings is 1. The van der Waals surface area contributed by atoms with Crippen molar-refractivity contribution < 1.29 is 9.53 Å². The Kier molecular flexibility index (Phi) is 7.86. The lowest BCUT2D eigenvalue weighted by atomic mass is 9.50. The fraction of sp³-hybridized carbons (Fsp3) is 0.581. The molecule has 0 amide bonds. The van der Waals surface area contributed by atoms with Crippen molar-refractivity contribution in [2.75, 3.05) is 6.61 Å². The minimum atomic E-state index is -0.261. The first-order valence-corrected chi connectivity index (χ1v) is 15.2. The van der Waals surface area contributed by atoms with E-state index < -0.39 is 0 Å². The Morgan fingerprint density at radius 3 is 2.67 bits per heavy atom. The van der Waals surface area contributed by atoms with E-state index in [-0.39, 0.29) is 23.3 Å². The fourth-order valence-electron chi connectivity index (χ4n) is 6.98. The summed E-state index contributed by atoms with van der Waals surface area (Å²) in [6, 6.07) is 9.10. The number of ether oxygens (including phenoxy) is 1. The Hall–Kier alpha value is -2.74. The number of fused-ring (bicyclic) bond motifs is 3. The predicted molar refractivity (Wildman–Crippen MR) is 154 cm³/mol. The van der Waals surface area contributed by atoms with Crippen LogP contribution in [0.15, 0.2) is 35.6 Å². The topological polar surface area (TPSA) is 82.8 Å². The molecule has 3 aromatic rings. The lowest BCUT2D eigenvalue weighted by molar-refractivity contribution is -0.152. The highest BCUT2D eigenvalue weighted by atomic mass is 32.2. The third kappa shape index (κ3) is 5.91. The van der Waals surface area contributed by atoms with Crippen molar-refractivity contribution >= 4 is 17.7 Å². The van der Waals surface area contributed by atoms with E-state index in [1.165, 1.54) is 34.9 Å². The van der Waals surface area contributed by atoms with Gasteiger partial charge in [-0.1, -0.05) is 69.3 Å². The Bertz CT molecular complexity index is 1330. The average Bonchev–Trinajstić information content (AvgIpc) is 3.32. The van der Waals surface area contributed by atoms with Gasteiger partial charge in [0.05, 0.1) is 12.3 Å². The SMILES string of the molecule is Cc1cc(C)nc(SCc2cn(CC(=O)OC[C@]3(C)CCC[C@]4(C)c5ccc(C(C)C)cc5CC[C@@H]34)nn2)n1. The monoisotopic (exact) mass is 547 g/mol. The molecule has 0 radical (unpaired) electrons. The molecule has 2 heterocycles. The van der Waals surface area contributed by atoms with Crippen molar-refractivity contribution in [1.82, 2.24) is 25.0 Å². The molecule has 0 saturated heterocycles. The summed E-state index contributed by atoms with van der Waals surface area (Å²) in [5.74, 6) is 1.37. The molecule has 8 heteroatoms. The van der Waals surface area contributed by atoms with Crippen LogP contribution >= 0.6 is 11.8 Å². The Balaban J connectivity index is 1.19. The van der Waals surface area contributed by atoms with Gasteiger partial charge in [0.15, 0.2) is 5.16 Å². The maximum atomic E-state index is 12.9. The highest BCUT2D eigenvalue weighted by molar-refractivity contribution is 7.98. The summed E-state index contributed by atoms with van der Waals surface area (Å²) in [7, 11) is 0. The van der Waals surface area contributed by atoms with Gasteiger partial charge in [-0.2, -0.15) is 0 Å². The Morgan fingerprint density at radius 2 is 1.92 bits per heavy atom. The number of thioether (sulfide) groups is 1. The highest BCUT2D eigenvalue weighted by Crippen LogP contribution is 2.57. The van der Waals surface area contributed by atoms with Crippen LogP contribution in [-0.2, 0) is 33.7 Å². The summed E-state index contributed by atoms with van der Waals surface area (Å²) in [4.78, 5) is 21.8. The number of rotatable bonds is 8. The summed E-state index contributed by atoms with van der Waals surface area (Å²) >= 11 is 1.52. The van der Waals surface area contributed by atoms with Gasteiger partial charge in [0, 0.05) is 28.8 Å². The molecule has 0 unspecified atom stereocenters. The number of carbonyl (C=O) groups is 1. The van der Waals surface area contributed by atoms with E-state index in [4.69, 9.17) is 4.74 Å². The maximum absolute atomic E-state index is 12.9. The molecule has 3 atom stereocenters. The second-order valence-corrected chi connectivity index (χ2v) is 13.3. The lowest BCUT2D eigenvalue weighted by Crippen LogP contribution is -2.51. The van der Waals surface area contributed by atoms with Crippen LogP contribution < -0.4 is 0 Å². The minimum absolute atomic E-state index is 0.0345. The first kappa shape index (κ1) is 27.8. The number of hydrogen-bond acceptors (Lipinski definition) is 7. The number of aromatic nitrogens is 5. The zero-order valence-corrected chi connectivity index (χ0v) is 25.0. The largest absolute Gasteiger partial charge is 0.464 e. The molecular weight excluding hydrogens is 506 g/mol. The van der Waals surface area contributed by atoms with Crippen molar-refractivity contribution in [3.8, 4) is 0 Å². The molecule has 2 aliphatic carbocycles. The molecule has 0 bridgehead atoms. The first-order chi connectivity index (χ1) is 18.6. The molecule has 1 saturated carbocycles. The van der Waals surface area contributed by atoms with Gasteiger partial charge in [-0.3, -0.25) is 4.79 Å². The Morgan fingerprint density at radius 1 is 1.15 bits per heavy atom. The highest BCUT2D eigenvalue weighted by Gasteiger charge is 2.52. The third-order valence-corrected chi connectivity index (χ3v) is 9.80. The van der Waals surface area contributed by atoms with Gasteiger partial charge in [-0.25, -0.2) is 14.6 Å². The van der Waals surface area contributed by atoms with Crippen LogP contribution in [0.5, 0.6) is 0 Å². The van der Waals surface area contributed by atoms with E-state index in [9.17, 15) is 4.79 Å². The number of aryl methyl sites for hydroxylation is 3. The van der Waals surface area contributed by atoms with Gasteiger partial charge in [0.1, 0.15) is 6.54 Å². The molecule has 7 nitrogen and oxygen atoms in total. The first-order valence-electron chi connectivity index (χ1n) is 14.2. The zero-order chi connectivity index (χ0) is 27.8. The molecular formula is C31H41N5O2S. The van der Waals surface area contributed by atoms with E-state index in [2.05, 4.69) is 66.2 Å². The fourth-order valence-corrected chi connectivity index (χ4v) is 7.80. The summed E-state index contributed by atoms with van der Waals surface area (Å²) in [5, 5.41) is 9.09. The number of carbonyl (C=O) groups excluding carboxylic acids is 1. The normalized spacial score (nSPS) is 24.3. The van der Waals surface area contributed by atoms with Crippen molar-refractivity contribution in [1.29, 1.82) is 0 Å². The van der Waals surface area contributed by atoms with Crippen LogP contribution in [0, 0.1) is 25.2 Å². The average molecular weight is 548 g/mol. The summed E-state index contributed by atoms with van der Waals surface area (Å²) in [6.07, 6.45) is 7.49. The van der Waals surface area contributed by atoms with E-state index in [1.807, 2.05) is 19.9 Å². The van der Waals surface area contributed by atoms with Crippen LogP contribution in [0.2, 0.25) is 0 Å². The van der Waals surface area contributed by atoms with E-state index in [0.717, 1.165) is 47.9 Å². The minimum Gasteiger partial charge on any atom is -0.464 e. The second kappa shape index (κ2) is 11.0. The summed E-state index contributed by atoms with van der Waals surface area (Å²) in [6.45, 7) is 13.7. The van der Waals surface area contributed by atoms with Crippen LogP contribution in [0.25, 0.3) is 0 Å². The zero-order valence-electron chi connectivity index (χ0n) is 24.2. The molecule has 2 aliphatic rings. The molecule has 1 fully saturated rings. The maximum Gasteiger partial charge on any atom is 0.327 e. The molecule has 0 spiro atoms. The molecule has 5 rings (SSSR count). The molecule has 208 valence electrons. The number of nitrogens with zero attached hydrogens (tertiary/aromatic N) is 5. The van der Waals surface area contributed by atoms with Crippen molar-refractivity contribution in [3.05, 3.63) is 64.2 Å². The van der Waals surface area contributed by atoms with Crippen LogP contribution in [0.1, 0.15) is 93.1 Å². The smallest absolute Gasteiger partial charge is 0.327 e. The third-order valence-electron chi connectivity index (χ3n) is 8.92.